The second-order valence-electron chi connectivity index (χ2n) is 5.40. The van der Waals surface area contributed by atoms with E-state index in [2.05, 4.69) is 0 Å². The number of rotatable bonds is 3. The van der Waals surface area contributed by atoms with Gasteiger partial charge in [-0.1, -0.05) is 12.1 Å². The SMILES string of the molecule is NC1CCCc2cc(OCc3ccc(F)c(F)c3)ccc21. The lowest BCUT2D eigenvalue weighted by molar-refractivity contribution is 0.304. The highest BCUT2D eigenvalue weighted by Crippen LogP contribution is 2.30. The molecule has 0 saturated heterocycles. The largest absolute Gasteiger partial charge is 0.489 e. The minimum atomic E-state index is -0.854. The summed E-state index contributed by atoms with van der Waals surface area (Å²) in [4.78, 5) is 0. The van der Waals surface area contributed by atoms with Crippen LogP contribution in [0.2, 0.25) is 0 Å². The minimum absolute atomic E-state index is 0.106. The van der Waals surface area contributed by atoms with E-state index in [4.69, 9.17) is 10.5 Å². The van der Waals surface area contributed by atoms with Gasteiger partial charge in [0.25, 0.3) is 0 Å². The zero-order valence-corrected chi connectivity index (χ0v) is 11.6. The molecule has 1 unspecified atom stereocenters. The van der Waals surface area contributed by atoms with Gasteiger partial charge in [0.2, 0.25) is 0 Å². The van der Waals surface area contributed by atoms with E-state index in [9.17, 15) is 8.78 Å². The summed E-state index contributed by atoms with van der Waals surface area (Å²) in [6.07, 6.45) is 3.11. The molecule has 110 valence electrons. The van der Waals surface area contributed by atoms with Gasteiger partial charge in [-0.15, -0.1) is 0 Å². The lowest BCUT2D eigenvalue weighted by Gasteiger charge is -2.22. The van der Waals surface area contributed by atoms with Gasteiger partial charge >= 0.3 is 0 Å². The van der Waals surface area contributed by atoms with Crippen LogP contribution in [0.3, 0.4) is 0 Å². The molecule has 2 aromatic rings. The highest BCUT2D eigenvalue weighted by Gasteiger charge is 2.17. The zero-order valence-electron chi connectivity index (χ0n) is 11.6. The normalized spacial score (nSPS) is 17.4. The summed E-state index contributed by atoms with van der Waals surface area (Å²) in [5.74, 6) is -0.971. The van der Waals surface area contributed by atoms with E-state index in [0.29, 0.717) is 5.56 Å². The Hall–Kier alpha value is -1.94. The Kier molecular flexibility index (Phi) is 3.88. The predicted molar refractivity (Wildman–Crippen MR) is 77.0 cm³/mol. The summed E-state index contributed by atoms with van der Waals surface area (Å²) in [6, 6.07) is 9.77. The maximum atomic E-state index is 13.1. The van der Waals surface area contributed by atoms with Gasteiger partial charge in [-0.3, -0.25) is 0 Å². The predicted octanol–water partition coefficient (Wildman–Crippen LogP) is 3.88. The summed E-state index contributed by atoms with van der Waals surface area (Å²) < 4.78 is 31.6. The van der Waals surface area contributed by atoms with Gasteiger partial charge in [0.15, 0.2) is 11.6 Å². The summed E-state index contributed by atoms with van der Waals surface area (Å²) in [6.45, 7) is 0.210. The molecule has 1 aliphatic rings. The van der Waals surface area contributed by atoms with Crippen LogP contribution in [0.5, 0.6) is 5.75 Å². The lowest BCUT2D eigenvalue weighted by Crippen LogP contribution is -2.17. The van der Waals surface area contributed by atoms with E-state index >= 15 is 0 Å². The molecule has 0 amide bonds. The Bertz CT molecular complexity index is 657. The van der Waals surface area contributed by atoms with Crippen LogP contribution in [0.4, 0.5) is 8.78 Å². The third kappa shape index (κ3) is 3.05. The zero-order chi connectivity index (χ0) is 14.8. The van der Waals surface area contributed by atoms with E-state index in [1.54, 1.807) is 0 Å². The van der Waals surface area contributed by atoms with Gasteiger partial charge in [-0.05, 0) is 60.2 Å². The molecule has 0 heterocycles. The fraction of sp³-hybridized carbons (Fsp3) is 0.294. The molecule has 0 aliphatic heterocycles. The average Bonchev–Trinajstić information content (AvgIpc) is 2.49. The van der Waals surface area contributed by atoms with Crippen LogP contribution < -0.4 is 10.5 Å². The van der Waals surface area contributed by atoms with Crippen molar-refractivity contribution in [2.45, 2.75) is 31.9 Å². The van der Waals surface area contributed by atoms with Crippen molar-refractivity contribution >= 4 is 0 Å². The maximum absolute atomic E-state index is 13.1. The third-order valence-electron chi connectivity index (χ3n) is 3.86. The molecule has 0 spiro atoms. The second-order valence-corrected chi connectivity index (χ2v) is 5.40. The van der Waals surface area contributed by atoms with E-state index in [1.165, 1.54) is 17.2 Å². The van der Waals surface area contributed by atoms with Crippen LogP contribution in [0.1, 0.15) is 35.6 Å². The number of ether oxygens (including phenoxy) is 1. The molecule has 2 nitrogen and oxygen atoms in total. The van der Waals surface area contributed by atoms with Crippen LogP contribution in [0, 0.1) is 11.6 Å². The molecule has 0 fully saturated rings. The van der Waals surface area contributed by atoms with Gasteiger partial charge in [0.1, 0.15) is 12.4 Å². The quantitative estimate of drug-likeness (QED) is 0.930. The molecule has 1 aliphatic carbocycles. The van der Waals surface area contributed by atoms with E-state index in [1.807, 2.05) is 18.2 Å². The molecule has 3 rings (SSSR count). The molecule has 2 aromatic carbocycles. The van der Waals surface area contributed by atoms with Crippen molar-refractivity contribution in [2.75, 3.05) is 0 Å². The van der Waals surface area contributed by atoms with Crippen molar-refractivity contribution in [1.82, 2.24) is 0 Å². The third-order valence-corrected chi connectivity index (χ3v) is 3.86. The monoisotopic (exact) mass is 289 g/mol. The number of benzene rings is 2. The first-order valence-electron chi connectivity index (χ1n) is 7.08. The molecule has 4 heteroatoms. The van der Waals surface area contributed by atoms with Gasteiger partial charge < -0.3 is 10.5 Å². The molecule has 1 atom stereocenters. The van der Waals surface area contributed by atoms with Crippen molar-refractivity contribution < 1.29 is 13.5 Å². The second kappa shape index (κ2) is 5.82. The lowest BCUT2D eigenvalue weighted by atomic mass is 9.88. The highest BCUT2D eigenvalue weighted by atomic mass is 19.2. The van der Waals surface area contributed by atoms with Crippen molar-refractivity contribution in [3.05, 3.63) is 64.7 Å². The molecule has 2 N–H and O–H groups in total. The molecular weight excluding hydrogens is 272 g/mol. The number of nitrogens with two attached hydrogens (primary N) is 1. The standard InChI is InChI=1S/C17H17F2NO/c18-15-7-4-11(8-16(15)19)10-21-13-5-6-14-12(9-13)2-1-3-17(14)20/h4-9,17H,1-3,10,20H2. The molecule has 0 radical (unpaired) electrons. The van der Waals surface area contributed by atoms with Crippen LogP contribution >= 0.6 is 0 Å². The Morgan fingerprint density at radius 2 is 1.95 bits per heavy atom. The number of aryl methyl sites for hydroxylation is 1. The maximum Gasteiger partial charge on any atom is 0.159 e. The van der Waals surface area contributed by atoms with Crippen LogP contribution in [0.25, 0.3) is 0 Å². The molecular formula is C17H17F2NO. The van der Waals surface area contributed by atoms with Crippen LogP contribution in [0.15, 0.2) is 36.4 Å². The van der Waals surface area contributed by atoms with Crippen LogP contribution in [-0.2, 0) is 13.0 Å². The van der Waals surface area contributed by atoms with Gasteiger partial charge in [-0.2, -0.15) is 0 Å². The molecule has 0 saturated carbocycles. The fourth-order valence-corrected chi connectivity index (χ4v) is 2.71. The number of hydrogen-bond acceptors (Lipinski definition) is 2. The molecule has 0 bridgehead atoms. The Balaban J connectivity index is 1.72. The van der Waals surface area contributed by atoms with E-state index < -0.39 is 11.6 Å². The molecule has 21 heavy (non-hydrogen) atoms. The highest BCUT2D eigenvalue weighted by molar-refractivity contribution is 5.39. The first-order valence-corrected chi connectivity index (χ1v) is 7.08. The molecule has 0 aromatic heterocycles. The van der Waals surface area contributed by atoms with Crippen LogP contribution in [-0.4, -0.2) is 0 Å². The van der Waals surface area contributed by atoms with Gasteiger partial charge in [0.05, 0.1) is 0 Å². The van der Waals surface area contributed by atoms with Crippen molar-refractivity contribution in [1.29, 1.82) is 0 Å². The number of hydrogen-bond donors (Lipinski definition) is 1. The van der Waals surface area contributed by atoms with E-state index in [0.717, 1.165) is 37.1 Å². The first kappa shape index (κ1) is 14.0. The number of halogens is 2. The van der Waals surface area contributed by atoms with Gasteiger partial charge in [0, 0.05) is 6.04 Å². The summed E-state index contributed by atoms with van der Waals surface area (Å²) in [7, 11) is 0. The van der Waals surface area contributed by atoms with E-state index in [-0.39, 0.29) is 12.6 Å². The average molecular weight is 289 g/mol. The van der Waals surface area contributed by atoms with Crippen molar-refractivity contribution in [3.8, 4) is 5.75 Å². The van der Waals surface area contributed by atoms with Crippen molar-refractivity contribution in [2.24, 2.45) is 5.73 Å². The Morgan fingerprint density at radius 1 is 1.10 bits per heavy atom. The minimum Gasteiger partial charge on any atom is -0.489 e. The van der Waals surface area contributed by atoms with Gasteiger partial charge in [-0.25, -0.2) is 8.78 Å². The summed E-state index contributed by atoms with van der Waals surface area (Å²) in [5.41, 5.74) is 9.08. The summed E-state index contributed by atoms with van der Waals surface area (Å²) in [5, 5.41) is 0. The first-order chi connectivity index (χ1) is 10.1. The Labute approximate surface area is 122 Å². The number of fused-ring (bicyclic) bond motifs is 1. The summed E-state index contributed by atoms with van der Waals surface area (Å²) >= 11 is 0. The smallest absolute Gasteiger partial charge is 0.159 e. The Morgan fingerprint density at radius 3 is 2.76 bits per heavy atom. The van der Waals surface area contributed by atoms with Crippen molar-refractivity contribution in [3.63, 3.8) is 0 Å². The fourth-order valence-electron chi connectivity index (χ4n) is 2.71. The topological polar surface area (TPSA) is 35.2 Å².